The molecular formula is C16H19N3O. The molecule has 104 valence electrons. The Hall–Kier alpha value is -2.23. The number of nitrogens with one attached hydrogen (secondary N) is 1. The lowest BCUT2D eigenvalue weighted by atomic mass is 10.0. The Morgan fingerprint density at radius 1 is 1.20 bits per heavy atom. The summed E-state index contributed by atoms with van der Waals surface area (Å²) in [6.45, 7) is 0.742. The second-order valence-corrected chi connectivity index (χ2v) is 5.14. The number of benzene rings is 1. The molecule has 1 aliphatic heterocycles. The van der Waals surface area contributed by atoms with Crippen molar-refractivity contribution in [1.29, 1.82) is 0 Å². The molecule has 1 aromatic heterocycles. The molecule has 2 aromatic rings. The summed E-state index contributed by atoms with van der Waals surface area (Å²) >= 11 is 0. The Labute approximate surface area is 119 Å². The Kier molecular flexibility index (Phi) is 3.46. The second-order valence-electron chi connectivity index (χ2n) is 5.14. The van der Waals surface area contributed by atoms with Gasteiger partial charge in [0.05, 0.1) is 18.3 Å². The van der Waals surface area contributed by atoms with Crippen molar-refractivity contribution in [2.75, 3.05) is 30.9 Å². The minimum atomic E-state index is 0.267. The van der Waals surface area contributed by atoms with Crippen LogP contribution in [0.15, 0.2) is 42.6 Å². The lowest BCUT2D eigenvalue weighted by Gasteiger charge is -2.28. The first-order chi connectivity index (χ1) is 9.75. The van der Waals surface area contributed by atoms with Crippen LogP contribution in [0.4, 0.5) is 11.5 Å². The van der Waals surface area contributed by atoms with E-state index in [0.29, 0.717) is 0 Å². The van der Waals surface area contributed by atoms with Crippen LogP contribution in [0.3, 0.4) is 0 Å². The fraction of sp³-hybridized carbons (Fsp3) is 0.312. The smallest absolute Gasteiger partial charge is 0.151 e. The number of aromatic nitrogens is 1. The molecule has 1 atom stereocenters. The zero-order valence-electron chi connectivity index (χ0n) is 11.8. The van der Waals surface area contributed by atoms with Gasteiger partial charge in [-0.15, -0.1) is 0 Å². The van der Waals surface area contributed by atoms with Crippen LogP contribution in [0.1, 0.15) is 18.0 Å². The number of pyridine rings is 1. The van der Waals surface area contributed by atoms with Crippen LogP contribution in [0.25, 0.3) is 0 Å². The first kappa shape index (κ1) is 12.8. The largest absolute Gasteiger partial charge is 0.493 e. The van der Waals surface area contributed by atoms with Crippen LogP contribution in [-0.4, -0.2) is 25.7 Å². The van der Waals surface area contributed by atoms with Crippen molar-refractivity contribution >= 4 is 11.5 Å². The van der Waals surface area contributed by atoms with E-state index in [2.05, 4.69) is 28.5 Å². The van der Waals surface area contributed by atoms with Gasteiger partial charge in [0.25, 0.3) is 0 Å². The SMILES string of the molecule is CN(C)c1ncccc1NC1CCOc2ccccc21. The summed E-state index contributed by atoms with van der Waals surface area (Å²) in [6, 6.07) is 12.5. The van der Waals surface area contributed by atoms with Gasteiger partial charge in [-0.25, -0.2) is 4.98 Å². The number of para-hydroxylation sites is 1. The Morgan fingerprint density at radius 2 is 2.05 bits per heavy atom. The molecule has 20 heavy (non-hydrogen) atoms. The number of rotatable bonds is 3. The molecule has 0 spiro atoms. The van der Waals surface area contributed by atoms with Crippen LogP contribution >= 0.6 is 0 Å². The Balaban J connectivity index is 1.90. The molecular weight excluding hydrogens is 250 g/mol. The number of fused-ring (bicyclic) bond motifs is 1. The molecule has 1 N–H and O–H groups in total. The van der Waals surface area contributed by atoms with Gasteiger partial charge in [0.15, 0.2) is 5.82 Å². The van der Waals surface area contributed by atoms with Crippen molar-refractivity contribution in [2.45, 2.75) is 12.5 Å². The molecule has 0 amide bonds. The topological polar surface area (TPSA) is 37.4 Å². The van der Waals surface area contributed by atoms with Crippen molar-refractivity contribution in [3.8, 4) is 5.75 Å². The van der Waals surface area contributed by atoms with E-state index in [0.717, 1.165) is 30.3 Å². The monoisotopic (exact) mass is 269 g/mol. The molecule has 4 nitrogen and oxygen atoms in total. The normalized spacial score (nSPS) is 17.0. The van der Waals surface area contributed by atoms with Gasteiger partial charge >= 0.3 is 0 Å². The fourth-order valence-corrected chi connectivity index (χ4v) is 2.55. The highest BCUT2D eigenvalue weighted by atomic mass is 16.5. The third kappa shape index (κ3) is 2.41. The van der Waals surface area contributed by atoms with Crippen LogP contribution < -0.4 is 15.0 Å². The number of hydrogen-bond acceptors (Lipinski definition) is 4. The van der Waals surface area contributed by atoms with Crippen molar-refractivity contribution in [3.63, 3.8) is 0 Å². The van der Waals surface area contributed by atoms with Crippen molar-refractivity contribution in [1.82, 2.24) is 4.98 Å². The number of anilines is 2. The van der Waals surface area contributed by atoms with E-state index in [1.807, 2.05) is 43.4 Å². The van der Waals surface area contributed by atoms with Gasteiger partial charge in [0.2, 0.25) is 0 Å². The van der Waals surface area contributed by atoms with E-state index in [1.165, 1.54) is 5.56 Å². The maximum Gasteiger partial charge on any atom is 0.151 e. The summed E-state index contributed by atoms with van der Waals surface area (Å²) in [5.41, 5.74) is 2.27. The van der Waals surface area contributed by atoms with Gasteiger partial charge < -0.3 is 15.0 Å². The maximum absolute atomic E-state index is 5.70. The first-order valence-corrected chi connectivity index (χ1v) is 6.86. The van der Waals surface area contributed by atoms with Gasteiger partial charge in [0.1, 0.15) is 5.75 Å². The number of hydrogen-bond donors (Lipinski definition) is 1. The van der Waals surface area contributed by atoms with Crippen molar-refractivity contribution < 1.29 is 4.74 Å². The average Bonchev–Trinajstić information content (AvgIpc) is 2.48. The predicted octanol–water partition coefficient (Wildman–Crippen LogP) is 3.08. The maximum atomic E-state index is 5.70. The Bertz CT molecular complexity index is 598. The first-order valence-electron chi connectivity index (χ1n) is 6.86. The summed E-state index contributed by atoms with van der Waals surface area (Å²) in [4.78, 5) is 6.45. The minimum Gasteiger partial charge on any atom is -0.493 e. The standard InChI is InChI=1S/C16H19N3O/c1-19(2)16-14(7-5-10-17-16)18-13-9-11-20-15-8-4-3-6-12(13)15/h3-8,10,13,18H,9,11H2,1-2H3. The van der Waals surface area contributed by atoms with Gasteiger partial charge in [-0.3, -0.25) is 0 Å². The van der Waals surface area contributed by atoms with Crippen LogP contribution in [-0.2, 0) is 0 Å². The van der Waals surface area contributed by atoms with E-state index in [-0.39, 0.29) is 6.04 Å². The minimum absolute atomic E-state index is 0.267. The summed E-state index contributed by atoms with van der Waals surface area (Å²) in [5.74, 6) is 1.93. The molecule has 1 unspecified atom stereocenters. The lowest BCUT2D eigenvalue weighted by Crippen LogP contribution is -2.22. The van der Waals surface area contributed by atoms with Gasteiger partial charge in [-0.1, -0.05) is 18.2 Å². The fourth-order valence-electron chi connectivity index (χ4n) is 2.55. The van der Waals surface area contributed by atoms with Gasteiger partial charge in [-0.2, -0.15) is 0 Å². The molecule has 0 fully saturated rings. The summed E-state index contributed by atoms with van der Waals surface area (Å²) in [7, 11) is 4.01. The number of ether oxygens (including phenoxy) is 1. The van der Waals surface area contributed by atoms with Gasteiger partial charge in [-0.05, 0) is 18.2 Å². The molecule has 4 heteroatoms. The molecule has 1 aliphatic rings. The van der Waals surface area contributed by atoms with E-state index in [1.54, 1.807) is 0 Å². The third-order valence-corrected chi connectivity index (χ3v) is 3.50. The van der Waals surface area contributed by atoms with Crippen LogP contribution in [0.5, 0.6) is 5.75 Å². The third-order valence-electron chi connectivity index (χ3n) is 3.50. The Morgan fingerprint density at radius 3 is 2.90 bits per heavy atom. The molecule has 2 heterocycles. The van der Waals surface area contributed by atoms with Crippen molar-refractivity contribution in [2.24, 2.45) is 0 Å². The van der Waals surface area contributed by atoms with E-state index in [9.17, 15) is 0 Å². The zero-order valence-corrected chi connectivity index (χ0v) is 11.8. The van der Waals surface area contributed by atoms with Crippen LogP contribution in [0, 0.1) is 0 Å². The highest BCUT2D eigenvalue weighted by Crippen LogP contribution is 2.35. The van der Waals surface area contributed by atoms with Crippen LogP contribution in [0.2, 0.25) is 0 Å². The molecule has 0 saturated heterocycles. The quantitative estimate of drug-likeness (QED) is 0.929. The second kappa shape index (κ2) is 5.41. The molecule has 0 bridgehead atoms. The summed E-state index contributed by atoms with van der Waals surface area (Å²) in [6.07, 6.45) is 2.78. The number of nitrogens with zero attached hydrogens (tertiary/aromatic N) is 2. The van der Waals surface area contributed by atoms with E-state index >= 15 is 0 Å². The summed E-state index contributed by atoms with van der Waals surface area (Å²) < 4.78 is 5.70. The molecule has 0 radical (unpaired) electrons. The molecule has 3 rings (SSSR count). The van der Waals surface area contributed by atoms with Gasteiger partial charge in [0, 0.05) is 32.3 Å². The predicted molar refractivity (Wildman–Crippen MR) is 81.5 cm³/mol. The highest BCUT2D eigenvalue weighted by molar-refractivity contribution is 5.65. The zero-order chi connectivity index (χ0) is 13.9. The highest BCUT2D eigenvalue weighted by Gasteiger charge is 2.21. The van der Waals surface area contributed by atoms with E-state index in [4.69, 9.17) is 4.74 Å². The van der Waals surface area contributed by atoms with E-state index < -0.39 is 0 Å². The molecule has 0 aliphatic carbocycles. The van der Waals surface area contributed by atoms with Crippen molar-refractivity contribution in [3.05, 3.63) is 48.2 Å². The molecule has 1 aromatic carbocycles. The lowest BCUT2D eigenvalue weighted by molar-refractivity contribution is 0.274. The summed E-state index contributed by atoms with van der Waals surface area (Å²) in [5, 5.41) is 3.60. The average molecular weight is 269 g/mol. The molecule has 0 saturated carbocycles.